The molecular weight excluding hydrogens is 319 g/mol. The van der Waals surface area contributed by atoms with Crippen molar-refractivity contribution >= 4 is 16.9 Å². The van der Waals surface area contributed by atoms with E-state index in [-0.39, 0.29) is 29.1 Å². The lowest BCUT2D eigenvalue weighted by Gasteiger charge is -2.10. The number of alkyl halides is 3. The van der Waals surface area contributed by atoms with Crippen LogP contribution in [-0.2, 0) is 12.7 Å². The average molecular weight is 331 g/mol. The summed E-state index contributed by atoms with van der Waals surface area (Å²) in [7, 11) is 0. The predicted octanol–water partition coefficient (Wildman–Crippen LogP) is 3.77. The number of pyridine rings is 1. The molecular formula is C16H12F3N5. The number of H-pyrrole nitrogens is 1. The van der Waals surface area contributed by atoms with Crippen LogP contribution in [0.2, 0.25) is 0 Å². The molecule has 2 heterocycles. The normalized spacial score (nSPS) is 11.5. The van der Waals surface area contributed by atoms with Gasteiger partial charge in [-0.3, -0.25) is 5.10 Å². The lowest BCUT2D eigenvalue weighted by atomic mass is 10.1. The Labute approximate surface area is 135 Å². The van der Waals surface area contributed by atoms with Crippen molar-refractivity contribution in [1.29, 1.82) is 5.26 Å². The zero-order valence-corrected chi connectivity index (χ0v) is 12.6. The van der Waals surface area contributed by atoms with Gasteiger partial charge < -0.3 is 5.32 Å². The molecule has 0 amide bonds. The van der Waals surface area contributed by atoms with E-state index in [4.69, 9.17) is 5.26 Å². The molecule has 1 aromatic carbocycles. The first kappa shape index (κ1) is 15.8. The minimum absolute atomic E-state index is 0.0817. The Kier molecular flexibility index (Phi) is 3.85. The van der Waals surface area contributed by atoms with Gasteiger partial charge in [0.05, 0.1) is 22.6 Å². The van der Waals surface area contributed by atoms with Crippen molar-refractivity contribution in [2.45, 2.75) is 19.6 Å². The summed E-state index contributed by atoms with van der Waals surface area (Å²) in [5.74, 6) is 0.0918. The van der Waals surface area contributed by atoms with Crippen LogP contribution in [0.1, 0.15) is 22.4 Å². The van der Waals surface area contributed by atoms with Crippen molar-refractivity contribution in [1.82, 2.24) is 15.2 Å². The van der Waals surface area contributed by atoms with Gasteiger partial charge in [-0.25, -0.2) is 4.98 Å². The van der Waals surface area contributed by atoms with Crippen LogP contribution in [-0.4, -0.2) is 15.2 Å². The quantitative estimate of drug-likeness (QED) is 0.766. The number of benzene rings is 1. The van der Waals surface area contributed by atoms with Crippen molar-refractivity contribution in [3.8, 4) is 6.07 Å². The number of aryl methyl sites for hydroxylation is 1. The van der Waals surface area contributed by atoms with Crippen LogP contribution in [0.25, 0.3) is 11.0 Å². The number of hydrogen-bond donors (Lipinski definition) is 2. The fraction of sp³-hybridized carbons (Fsp3) is 0.188. The van der Waals surface area contributed by atoms with Crippen molar-refractivity contribution in [2.24, 2.45) is 0 Å². The second kappa shape index (κ2) is 5.85. The average Bonchev–Trinajstić information content (AvgIpc) is 2.94. The van der Waals surface area contributed by atoms with Gasteiger partial charge in [0, 0.05) is 12.2 Å². The van der Waals surface area contributed by atoms with Crippen LogP contribution in [0.5, 0.6) is 0 Å². The second-order valence-electron chi connectivity index (χ2n) is 5.27. The van der Waals surface area contributed by atoms with Gasteiger partial charge in [0.25, 0.3) is 0 Å². The number of aromatic nitrogens is 3. The first-order valence-electron chi connectivity index (χ1n) is 7.04. The van der Waals surface area contributed by atoms with Crippen molar-refractivity contribution in [2.75, 3.05) is 5.32 Å². The molecule has 0 aliphatic heterocycles. The van der Waals surface area contributed by atoms with Crippen molar-refractivity contribution < 1.29 is 13.2 Å². The Morgan fingerprint density at radius 1 is 1.25 bits per heavy atom. The van der Waals surface area contributed by atoms with Crippen LogP contribution in [0.3, 0.4) is 0 Å². The highest BCUT2D eigenvalue weighted by atomic mass is 19.4. The maximum Gasteiger partial charge on any atom is 0.417 e. The van der Waals surface area contributed by atoms with E-state index in [9.17, 15) is 13.2 Å². The Morgan fingerprint density at radius 3 is 2.58 bits per heavy atom. The van der Waals surface area contributed by atoms with Crippen LogP contribution >= 0.6 is 0 Å². The fourth-order valence-corrected chi connectivity index (χ4v) is 2.39. The largest absolute Gasteiger partial charge is 0.417 e. The predicted molar refractivity (Wildman–Crippen MR) is 82.1 cm³/mol. The first-order valence-corrected chi connectivity index (χ1v) is 7.04. The van der Waals surface area contributed by atoms with Crippen LogP contribution in [0.15, 0.2) is 30.3 Å². The highest BCUT2D eigenvalue weighted by Crippen LogP contribution is 2.37. The van der Waals surface area contributed by atoms with E-state index >= 15 is 0 Å². The standard InChI is InChI=1S/C16H12F3N5/c1-9-6-12(16(17,18)19)13-14(23-24-15(13)22-9)21-8-11-4-2-10(7-20)3-5-11/h2-6H,8H2,1H3,(H2,21,22,23,24). The molecule has 5 nitrogen and oxygen atoms in total. The van der Waals surface area contributed by atoms with E-state index in [0.717, 1.165) is 11.6 Å². The molecule has 0 unspecified atom stereocenters. The van der Waals surface area contributed by atoms with Crippen LogP contribution in [0, 0.1) is 18.3 Å². The lowest BCUT2D eigenvalue weighted by Crippen LogP contribution is -2.08. The molecule has 2 N–H and O–H groups in total. The molecule has 24 heavy (non-hydrogen) atoms. The van der Waals surface area contributed by atoms with Gasteiger partial charge in [-0.2, -0.15) is 23.5 Å². The summed E-state index contributed by atoms with van der Waals surface area (Å²) in [5.41, 5.74) is 0.907. The molecule has 0 radical (unpaired) electrons. The number of anilines is 1. The van der Waals surface area contributed by atoms with E-state index in [0.29, 0.717) is 5.56 Å². The summed E-state index contributed by atoms with van der Waals surface area (Å²) in [5, 5.41) is 18.0. The summed E-state index contributed by atoms with van der Waals surface area (Å²) in [4.78, 5) is 4.05. The molecule has 0 bridgehead atoms. The Morgan fingerprint density at radius 2 is 1.96 bits per heavy atom. The lowest BCUT2D eigenvalue weighted by molar-refractivity contribution is -0.136. The van der Waals surface area contributed by atoms with E-state index < -0.39 is 11.7 Å². The topological polar surface area (TPSA) is 77.4 Å². The third-order valence-corrected chi connectivity index (χ3v) is 3.51. The first-order chi connectivity index (χ1) is 11.4. The minimum Gasteiger partial charge on any atom is -0.364 e. The maximum absolute atomic E-state index is 13.3. The zero-order valence-electron chi connectivity index (χ0n) is 12.6. The van der Waals surface area contributed by atoms with Gasteiger partial charge in [-0.1, -0.05) is 12.1 Å². The molecule has 0 atom stereocenters. The molecule has 0 spiro atoms. The van der Waals surface area contributed by atoms with Gasteiger partial charge in [0.15, 0.2) is 11.5 Å². The van der Waals surface area contributed by atoms with Gasteiger partial charge >= 0.3 is 6.18 Å². The highest BCUT2D eigenvalue weighted by Gasteiger charge is 2.35. The van der Waals surface area contributed by atoms with E-state index in [2.05, 4.69) is 20.5 Å². The summed E-state index contributed by atoms with van der Waals surface area (Å²) in [6, 6.07) is 9.76. The molecule has 3 rings (SSSR count). The van der Waals surface area contributed by atoms with Gasteiger partial charge in [-0.05, 0) is 30.7 Å². The monoisotopic (exact) mass is 331 g/mol. The van der Waals surface area contributed by atoms with Crippen LogP contribution < -0.4 is 5.32 Å². The molecule has 2 aromatic heterocycles. The Hall–Kier alpha value is -3.08. The third kappa shape index (κ3) is 3.01. The molecule has 0 aliphatic rings. The molecule has 3 aromatic rings. The number of nitrogens with one attached hydrogen (secondary N) is 2. The molecule has 0 aliphatic carbocycles. The van der Waals surface area contributed by atoms with E-state index in [1.807, 2.05) is 6.07 Å². The van der Waals surface area contributed by atoms with Gasteiger partial charge in [0.2, 0.25) is 0 Å². The number of rotatable bonds is 3. The smallest absolute Gasteiger partial charge is 0.364 e. The molecule has 122 valence electrons. The van der Waals surface area contributed by atoms with Gasteiger partial charge in [0.1, 0.15) is 0 Å². The summed E-state index contributed by atoms with van der Waals surface area (Å²) >= 11 is 0. The minimum atomic E-state index is -4.50. The number of fused-ring (bicyclic) bond motifs is 1. The molecule has 0 fully saturated rings. The fourth-order valence-electron chi connectivity index (χ4n) is 2.39. The number of halogens is 3. The number of hydrogen-bond acceptors (Lipinski definition) is 4. The second-order valence-corrected chi connectivity index (χ2v) is 5.27. The Bertz CT molecular complexity index is 920. The molecule has 0 saturated heterocycles. The molecule has 0 saturated carbocycles. The number of aromatic amines is 1. The van der Waals surface area contributed by atoms with E-state index in [1.165, 1.54) is 6.92 Å². The van der Waals surface area contributed by atoms with Crippen LogP contribution in [0.4, 0.5) is 19.0 Å². The SMILES string of the molecule is Cc1cc(C(F)(F)F)c2c(NCc3ccc(C#N)cc3)n[nH]c2n1. The summed E-state index contributed by atoms with van der Waals surface area (Å²) < 4.78 is 39.8. The Balaban J connectivity index is 1.93. The third-order valence-electron chi connectivity index (χ3n) is 3.51. The van der Waals surface area contributed by atoms with Gasteiger partial charge in [-0.15, -0.1) is 0 Å². The number of nitrogens with zero attached hydrogens (tertiary/aromatic N) is 3. The van der Waals surface area contributed by atoms with E-state index in [1.54, 1.807) is 24.3 Å². The van der Waals surface area contributed by atoms with Crippen molar-refractivity contribution in [3.05, 3.63) is 52.7 Å². The zero-order chi connectivity index (χ0) is 17.3. The number of nitriles is 1. The highest BCUT2D eigenvalue weighted by molar-refractivity contribution is 5.91. The van der Waals surface area contributed by atoms with Crippen molar-refractivity contribution in [3.63, 3.8) is 0 Å². The summed E-state index contributed by atoms with van der Waals surface area (Å²) in [6.07, 6.45) is -4.50. The summed E-state index contributed by atoms with van der Waals surface area (Å²) in [6.45, 7) is 1.77. The molecule has 8 heteroatoms. The maximum atomic E-state index is 13.3.